The molecular weight excluding hydrogens is 468 g/mol. The Kier molecular flexibility index (Phi) is 6.51. The molecule has 37 heavy (non-hydrogen) atoms. The number of aromatic nitrogens is 4. The fourth-order valence-corrected chi connectivity index (χ4v) is 4.43. The van der Waals surface area contributed by atoms with Crippen molar-refractivity contribution in [2.75, 3.05) is 7.05 Å². The van der Waals surface area contributed by atoms with Crippen LogP contribution in [0.25, 0.3) is 28.0 Å². The van der Waals surface area contributed by atoms with Crippen LogP contribution in [0.5, 0.6) is 0 Å². The van der Waals surface area contributed by atoms with Crippen LogP contribution in [0.3, 0.4) is 0 Å². The van der Waals surface area contributed by atoms with E-state index >= 15 is 0 Å². The Bertz CT molecular complexity index is 1570. The summed E-state index contributed by atoms with van der Waals surface area (Å²) in [6.45, 7) is 3.20. The molecule has 0 atom stereocenters. The van der Waals surface area contributed by atoms with Crippen molar-refractivity contribution in [1.29, 1.82) is 0 Å². The van der Waals surface area contributed by atoms with Gasteiger partial charge in [0.15, 0.2) is 0 Å². The van der Waals surface area contributed by atoms with E-state index in [1.165, 1.54) is 12.1 Å². The van der Waals surface area contributed by atoms with Gasteiger partial charge in [-0.3, -0.25) is 14.9 Å². The summed E-state index contributed by atoms with van der Waals surface area (Å²) >= 11 is 0. The standard InChI is InChI=1S/C28H26N6O3/c1-3-32-25-12-8-7-11-24(25)29-26(32)19-31(2)27(35)17-21-18-33(22-9-5-4-6-10-22)30-28(21)20-13-15-23(16-14-20)34(36)37/h4-16,18H,3,17,19H2,1-2H3. The van der Waals surface area contributed by atoms with Gasteiger partial charge >= 0.3 is 0 Å². The lowest BCUT2D eigenvalue weighted by atomic mass is 10.1. The number of nitro benzene ring substituents is 1. The number of fused-ring (bicyclic) bond motifs is 1. The Morgan fingerprint density at radius 2 is 1.70 bits per heavy atom. The van der Waals surface area contributed by atoms with Crippen molar-refractivity contribution in [2.24, 2.45) is 0 Å². The number of carbonyl (C=O) groups excluding carboxylic acids is 1. The molecule has 2 aromatic heterocycles. The van der Waals surface area contributed by atoms with Crippen molar-refractivity contribution in [2.45, 2.75) is 26.4 Å². The summed E-state index contributed by atoms with van der Waals surface area (Å²) < 4.78 is 3.85. The summed E-state index contributed by atoms with van der Waals surface area (Å²) in [5.41, 5.74) is 4.87. The summed E-state index contributed by atoms with van der Waals surface area (Å²) in [7, 11) is 1.77. The molecule has 0 aliphatic carbocycles. The van der Waals surface area contributed by atoms with Crippen molar-refractivity contribution in [1.82, 2.24) is 24.2 Å². The number of imidazole rings is 1. The number of benzene rings is 3. The van der Waals surface area contributed by atoms with Gasteiger partial charge in [0.1, 0.15) is 5.82 Å². The molecule has 1 amide bonds. The minimum Gasteiger partial charge on any atom is -0.338 e. The zero-order chi connectivity index (χ0) is 25.9. The predicted molar refractivity (Wildman–Crippen MR) is 141 cm³/mol. The van der Waals surface area contributed by atoms with Gasteiger partial charge in [0.25, 0.3) is 5.69 Å². The second-order valence-electron chi connectivity index (χ2n) is 8.77. The van der Waals surface area contributed by atoms with E-state index in [0.717, 1.165) is 34.7 Å². The lowest BCUT2D eigenvalue weighted by Crippen LogP contribution is -2.29. The lowest BCUT2D eigenvalue weighted by molar-refractivity contribution is -0.384. The predicted octanol–water partition coefficient (Wildman–Crippen LogP) is 5.02. The quantitative estimate of drug-likeness (QED) is 0.223. The number of rotatable bonds is 8. The molecule has 0 aliphatic rings. The Morgan fingerprint density at radius 1 is 1.00 bits per heavy atom. The first kappa shape index (κ1) is 23.9. The molecule has 186 valence electrons. The smallest absolute Gasteiger partial charge is 0.269 e. The maximum Gasteiger partial charge on any atom is 0.269 e. The van der Waals surface area contributed by atoms with Gasteiger partial charge in [-0.1, -0.05) is 30.3 Å². The highest BCUT2D eigenvalue weighted by molar-refractivity contribution is 5.81. The summed E-state index contributed by atoms with van der Waals surface area (Å²) in [4.78, 5) is 30.5. The molecule has 0 aliphatic heterocycles. The van der Waals surface area contributed by atoms with Gasteiger partial charge in [0.2, 0.25) is 5.91 Å². The first-order valence-corrected chi connectivity index (χ1v) is 12.0. The van der Waals surface area contributed by atoms with Crippen LogP contribution < -0.4 is 0 Å². The first-order chi connectivity index (χ1) is 17.9. The van der Waals surface area contributed by atoms with E-state index in [1.54, 1.807) is 28.8 Å². The maximum atomic E-state index is 13.4. The lowest BCUT2D eigenvalue weighted by Gasteiger charge is -2.17. The van der Waals surface area contributed by atoms with E-state index in [2.05, 4.69) is 11.5 Å². The van der Waals surface area contributed by atoms with E-state index in [9.17, 15) is 14.9 Å². The molecule has 0 radical (unpaired) electrons. The Morgan fingerprint density at radius 3 is 2.41 bits per heavy atom. The molecule has 5 aromatic rings. The molecule has 0 bridgehead atoms. The van der Waals surface area contributed by atoms with Crippen LogP contribution in [-0.2, 0) is 24.3 Å². The number of likely N-dealkylation sites (N-methyl/N-ethyl adjacent to an activating group) is 1. The minimum atomic E-state index is -0.435. The van der Waals surface area contributed by atoms with E-state index < -0.39 is 4.92 Å². The number of non-ortho nitro benzene ring substituents is 1. The molecule has 9 heteroatoms. The molecule has 5 rings (SSSR count). The highest BCUT2D eigenvalue weighted by Gasteiger charge is 2.20. The van der Waals surface area contributed by atoms with Gasteiger partial charge < -0.3 is 9.47 Å². The zero-order valence-corrected chi connectivity index (χ0v) is 20.6. The van der Waals surface area contributed by atoms with Gasteiger partial charge in [-0.05, 0) is 43.3 Å². The monoisotopic (exact) mass is 494 g/mol. The Hall–Kier alpha value is -4.79. The van der Waals surface area contributed by atoms with Gasteiger partial charge in [-0.2, -0.15) is 5.10 Å². The van der Waals surface area contributed by atoms with Crippen molar-refractivity contribution < 1.29 is 9.72 Å². The summed E-state index contributed by atoms with van der Waals surface area (Å²) in [5, 5.41) is 15.8. The highest BCUT2D eigenvalue weighted by Crippen LogP contribution is 2.27. The van der Waals surface area contributed by atoms with Gasteiger partial charge in [0.05, 0.1) is 40.3 Å². The van der Waals surface area contributed by atoms with Crippen molar-refractivity contribution >= 4 is 22.6 Å². The van der Waals surface area contributed by atoms with Gasteiger partial charge in [-0.15, -0.1) is 0 Å². The molecule has 0 fully saturated rings. The number of hydrogen-bond donors (Lipinski definition) is 0. The van der Waals surface area contributed by atoms with Crippen LogP contribution in [-0.4, -0.2) is 42.1 Å². The van der Waals surface area contributed by atoms with Crippen molar-refractivity contribution in [3.05, 3.63) is 107 Å². The molecule has 0 N–H and O–H groups in total. The second-order valence-corrected chi connectivity index (χ2v) is 8.77. The maximum absolute atomic E-state index is 13.4. The molecule has 9 nitrogen and oxygen atoms in total. The minimum absolute atomic E-state index is 0.00224. The van der Waals surface area contributed by atoms with Crippen LogP contribution in [0.15, 0.2) is 85.1 Å². The average molecular weight is 495 g/mol. The third kappa shape index (κ3) is 4.84. The van der Waals surface area contributed by atoms with Crippen LogP contribution >= 0.6 is 0 Å². The number of aryl methyl sites for hydroxylation is 1. The van der Waals surface area contributed by atoms with Crippen LogP contribution in [0.4, 0.5) is 5.69 Å². The van der Waals surface area contributed by atoms with E-state index in [0.29, 0.717) is 17.8 Å². The molecule has 0 spiro atoms. The number of amides is 1. The fourth-order valence-electron chi connectivity index (χ4n) is 4.43. The molecule has 2 heterocycles. The molecule has 0 saturated heterocycles. The van der Waals surface area contributed by atoms with Crippen LogP contribution in [0.1, 0.15) is 18.3 Å². The number of para-hydroxylation sites is 3. The Balaban J connectivity index is 1.44. The second kappa shape index (κ2) is 10.1. The highest BCUT2D eigenvalue weighted by atomic mass is 16.6. The average Bonchev–Trinajstić information content (AvgIpc) is 3.50. The van der Waals surface area contributed by atoms with E-state index in [-0.39, 0.29) is 18.0 Å². The number of nitrogens with zero attached hydrogens (tertiary/aromatic N) is 6. The largest absolute Gasteiger partial charge is 0.338 e. The normalized spacial score (nSPS) is 11.1. The summed E-state index contributed by atoms with van der Waals surface area (Å²) in [5.74, 6) is 0.751. The fraction of sp³-hybridized carbons (Fsp3) is 0.179. The van der Waals surface area contributed by atoms with Crippen molar-refractivity contribution in [3.8, 4) is 16.9 Å². The Labute approximate surface area is 213 Å². The molecular formula is C28H26N6O3. The van der Waals surface area contributed by atoms with E-state index in [1.807, 2.05) is 60.8 Å². The zero-order valence-electron chi connectivity index (χ0n) is 20.6. The third-order valence-electron chi connectivity index (χ3n) is 6.36. The third-order valence-corrected chi connectivity index (χ3v) is 6.36. The molecule has 0 unspecified atom stereocenters. The van der Waals surface area contributed by atoms with Crippen LogP contribution in [0.2, 0.25) is 0 Å². The number of carbonyl (C=O) groups is 1. The topological polar surface area (TPSA) is 99.1 Å². The van der Waals surface area contributed by atoms with Gasteiger partial charge in [0, 0.05) is 43.0 Å². The molecule has 0 saturated carbocycles. The number of nitro groups is 1. The van der Waals surface area contributed by atoms with E-state index in [4.69, 9.17) is 10.1 Å². The summed E-state index contributed by atoms with van der Waals surface area (Å²) in [6.07, 6.45) is 1.97. The number of hydrogen-bond acceptors (Lipinski definition) is 5. The summed E-state index contributed by atoms with van der Waals surface area (Å²) in [6, 6.07) is 23.8. The van der Waals surface area contributed by atoms with Gasteiger partial charge in [-0.25, -0.2) is 9.67 Å². The first-order valence-electron chi connectivity index (χ1n) is 12.0. The van der Waals surface area contributed by atoms with Crippen LogP contribution in [0, 0.1) is 10.1 Å². The van der Waals surface area contributed by atoms with Crippen molar-refractivity contribution in [3.63, 3.8) is 0 Å². The SMILES string of the molecule is CCn1c(CN(C)C(=O)Cc2cn(-c3ccccc3)nc2-c2ccc([N+](=O)[O-])cc2)nc2ccccc21. The molecule has 3 aromatic carbocycles.